The number of nitrogens with two attached hydrogens (primary N) is 1. The average molecular weight is 239 g/mol. The third kappa shape index (κ3) is 3.42. The third-order valence-electron chi connectivity index (χ3n) is 4.04. The summed E-state index contributed by atoms with van der Waals surface area (Å²) in [5.74, 6) is 0.783. The summed E-state index contributed by atoms with van der Waals surface area (Å²) in [6.07, 6.45) is 5.62. The summed E-state index contributed by atoms with van der Waals surface area (Å²) in [6, 6.07) is -0.274. The van der Waals surface area contributed by atoms with Crippen molar-refractivity contribution in [2.24, 2.45) is 11.7 Å². The maximum Gasteiger partial charge on any atom is 0.239 e. The normalized spacial score (nSPS) is 28.4. The van der Waals surface area contributed by atoms with Gasteiger partial charge in [-0.1, -0.05) is 0 Å². The van der Waals surface area contributed by atoms with E-state index in [2.05, 4.69) is 11.9 Å². The number of piperidine rings is 1. The smallest absolute Gasteiger partial charge is 0.239 e. The van der Waals surface area contributed by atoms with Crippen molar-refractivity contribution in [1.82, 2.24) is 9.80 Å². The van der Waals surface area contributed by atoms with Crippen molar-refractivity contribution >= 4 is 5.91 Å². The van der Waals surface area contributed by atoms with E-state index in [9.17, 15) is 4.79 Å². The number of hydrogen-bond acceptors (Lipinski definition) is 3. The predicted molar refractivity (Wildman–Crippen MR) is 68.6 cm³/mol. The summed E-state index contributed by atoms with van der Waals surface area (Å²) in [7, 11) is 2.15. The Labute approximate surface area is 104 Å². The molecule has 2 fully saturated rings. The van der Waals surface area contributed by atoms with Crippen LogP contribution in [0.15, 0.2) is 0 Å². The van der Waals surface area contributed by atoms with Crippen molar-refractivity contribution in [3.63, 3.8) is 0 Å². The maximum atomic E-state index is 12.1. The molecule has 4 heteroatoms. The van der Waals surface area contributed by atoms with Gasteiger partial charge < -0.3 is 15.5 Å². The lowest BCUT2D eigenvalue weighted by Gasteiger charge is -2.31. The van der Waals surface area contributed by atoms with Crippen molar-refractivity contribution < 1.29 is 4.79 Å². The molecule has 0 aromatic carbocycles. The van der Waals surface area contributed by atoms with E-state index in [1.807, 2.05) is 4.90 Å². The van der Waals surface area contributed by atoms with Gasteiger partial charge >= 0.3 is 0 Å². The van der Waals surface area contributed by atoms with Crippen molar-refractivity contribution in [2.45, 2.75) is 38.1 Å². The molecule has 2 heterocycles. The predicted octanol–water partition coefficient (Wildman–Crippen LogP) is 0.668. The van der Waals surface area contributed by atoms with E-state index in [1.165, 1.54) is 19.4 Å². The van der Waals surface area contributed by atoms with Crippen LogP contribution in [0.25, 0.3) is 0 Å². The summed E-state index contributed by atoms with van der Waals surface area (Å²) in [5, 5.41) is 0. The van der Waals surface area contributed by atoms with Gasteiger partial charge in [0.05, 0.1) is 6.04 Å². The second kappa shape index (κ2) is 5.83. The molecule has 0 aromatic heterocycles. The Balaban J connectivity index is 1.79. The molecule has 2 rings (SSSR count). The van der Waals surface area contributed by atoms with Gasteiger partial charge in [-0.3, -0.25) is 4.79 Å². The molecule has 0 radical (unpaired) electrons. The number of rotatable bonds is 3. The molecular weight excluding hydrogens is 214 g/mol. The highest BCUT2D eigenvalue weighted by atomic mass is 16.2. The Bertz CT molecular complexity index is 263. The summed E-state index contributed by atoms with van der Waals surface area (Å²) in [6.45, 7) is 4.11. The van der Waals surface area contributed by atoms with E-state index in [1.54, 1.807) is 0 Å². The first-order chi connectivity index (χ1) is 8.16. The summed E-state index contributed by atoms with van der Waals surface area (Å²) < 4.78 is 0. The van der Waals surface area contributed by atoms with Gasteiger partial charge in [0.1, 0.15) is 0 Å². The Morgan fingerprint density at radius 1 is 1.29 bits per heavy atom. The highest BCUT2D eigenvalue weighted by Crippen LogP contribution is 2.20. The molecule has 0 spiro atoms. The molecule has 0 bridgehead atoms. The largest absolute Gasteiger partial charge is 0.341 e. The van der Waals surface area contributed by atoms with Gasteiger partial charge in [0, 0.05) is 19.6 Å². The van der Waals surface area contributed by atoms with Crippen LogP contribution in [-0.4, -0.2) is 55.0 Å². The fourth-order valence-corrected chi connectivity index (χ4v) is 3.10. The van der Waals surface area contributed by atoms with Crippen molar-refractivity contribution in [3.05, 3.63) is 0 Å². The lowest BCUT2D eigenvalue weighted by atomic mass is 9.91. The van der Waals surface area contributed by atoms with Crippen molar-refractivity contribution in [3.8, 4) is 0 Å². The zero-order valence-electron chi connectivity index (χ0n) is 10.9. The second-order valence-corrected chi connectivity index (χ2v) is 5.65. The van der Waals surface area contributed by atoms with Crippen LogP contribution < -0.4 is 5.73 Å². The number of hydrogen-bond donors (Lipinski definition) is 1. The molecule has 2 saturated heterocycles. The van der Waals surface area contributed by atoms with Crippen LogP contribution >= 0.6 is 0 Å². The van der Waals surface area contributed by atoms with Gasteiger partial charge in [-0.25, -0.2) is 0 Å². The monoisotopic (exact) mass is 239 g/mol. The maximum absolute atomic E-state index is 12.1. The minimum atomic E-state index is -0.274. The molecule has 0 saturated carbocycles. The molecule has 2 aliphatic rings. The second-order valence-electron chi connectivity index (χ2n) is 5.65. The minimum Gasteiger partial charge on any atom is -0.341 e. The lowest BCUT2D eigenvalue weighted by molar-refractivity contribution is -0.132. The molecule has 2 unspecified atom stereocenters. The van der Waals surface area contributed by atoms with Crippen LogP contribution in [-0.2, 0) is 4.79 Å². The number of amides is 1. The van der Waals surface area contributed by atoms with Crippen molar-refractivity contribution in [1.29, 1.82) is 0 Å². The summed E-state index contributed by atoms with van der Waals surface area (Å²) in [5.41, 5.74) is 6.06. The number of carbonyl (C=O) groups excluding carboxylic acids is 1. The first-order valence-corrected chi connectivity index (χ1v) is 6.89. The van der Waals surface area contributed by atoms with Crippen LogP contribution in [0.4, 0.5) is 0 Å². The Kier molecular flexibility index (Phi) is 4.40. The van der Waals surface area contributed by atoms with E-state index in [4.69, 9.17) is 5.73 Å². The Morgan fingerprint density at radius 3 is 2.65 bits per heavy atom. The van der Waals surface area contributed by atoms with Gasteiger partial charge in [0.25, 0.3) is 0 Å². The quantitative estimate of drug-likeness (QED) is 0.787. The zero-order valence-corrected chi connectivity index (χ0v) is 10.9. The topological polar surface area (TPSA) is 49.6 Å². The first kappa shape index (κ1) is 12.8. The van der Waals surface area contributed by atoms with E-state index in [0.717, 1.165) is 38.9 Å². The van der Waals surface area contributed by atoms with Gasteiger partial charge in [0.15, 0.2) is 0 Å². The molecule has 2 N–H and O–H groups in total. The van der Waals surface area contributed by atoms with Crippen LogP contribution in [0, 0.1) is 5.92 Å². The van der Waals surface area contributed by atoms with Crippen LogP contribution in [0.1, 0.15) is 32.1 Å². The molecule has 1 amide bonds. The average Bonchev–Trinajstić information content (AvgIpc) is 2.81. The molecule has 2 atom stereocenters. The fourth-order valence-electron chi connectivity index (χ4n) is 3.10. The van der Waals surface area contributed by atoms with E-state index in [0.29, 0.717) is 5.92 Å². The minimum absolute atomic E-state index is 0.177. The van der Waals surface area contributed by atoms with E-state index >= 15 is 0 Å². The lowest BCUT2D eigenvalue weighted by Crippen LogP contribution is -2.45. The molecular formula is C13H25N3O. The SMILES string of the molecule is CN1CCCC(CC(N)C(=O)N2CCCC2)C1. The Hall–Kier alpha value is -0.610. The molecule has 17 heavy (non-hydrogen) atoms. The fraction of sp³-hybridized carbons (Fsp3) is 0.923. The molecule has 0 aromatic rings. The third-order valence-corrected chi connectivity index (χ3v) is 4.04. The van der Waals surface area contributed by atoms with Gasteiger partial charge in [-0.05, 0) is 51.6 Å². The van der Waals surface area contributed by atoms with Gasteiger partial charge in [0.2, 0.25) is 5.91 Å². The Morgan fingerprint density at radius 2 is 2.00 bits per heavy atom. The number of likely N-dealkylation sites (tertiary alicyclic amines) is 2. The van der Waals surface area contributed by atoms with Gasteiger partial charge in [-0.2, -0.15) is 0 Å². The zero-order chi connectivity index (χ0) is 12.3. The van der Waals surface area contributed by atoms with Crippen LogP contribution in [0.3, 0.4) is 0 Å². The highest BCUT2D eigenvalue weighted by molar-refractivity contribution is 5.81. The number of nitrogens with zero attached hydrogens (tertiary/aromatic N) is 2. The molecule has 4 nitrogen and oxygen atoms in total. The standard InChI is InChI=1S/C13H25N3O/c1-15-6-4-5-11(10-15)9-12(14)13(17)16-7-2-3-8-16/h11-12H,2-10,14H2,1H3. The first-order valence-electron chi connectivity index (χ1n) is 6.89. The van der Waals surface area contributed by atoms with Crippen molar-refractivity contribution in [2.75, 3.05) is 33.2 Å². The van der Waals surface area contributed by atoms with Crippen LogP contribution in [0.2, 0.25) is 0 Å². The van der Waals surface area contributed by atoms with E-state index in [-0.39, 0.29) is 11.9 Å². The summed E-state index contributed by atoms with van der Waals surface area (Å²) in [4.78, 5) is 16.4. The molecule has 0 aliphatic carbocycles. The summed E-state index contributed by atoms with van der Waals surface area (Å²) >= 11 is 0. The number of carbonyl (C=O) groups is 1. The van der Waals surface area contributed by atoms with E-state index < -0.39 is 0 Å². The molecule has 2 aliphatic heterocycles. The van der Waals surface area contributed by atoms with Gasteiger partial charge in [-0.15, -0.1) is 0 Å². The van der Waals surface area contributed by atoms with Crippen LogP contribution in [0.5, 0.6) is 0 Å². The highest BCUT2D eigenvalue weighted by Gasteiger charge is 2.27. The molecule has 98 valence electrons.